The fourth-order valence-electron chi connectivity index (χ4n) is 3.90. The maximum atomic E-state index is 13.1. The Morgan fingerprint density at radius 1 is 1.15 bits per heavy atom. The highest BCUT2D eigenvalue weighted by atomic mass is 19.4. The van der Waals surface area contributed by atoms with E-state index >= 15 is 0 Å². The molecule has 1 aromatic carbocycles. The number of halogens is 3. The molecule has 0 aliphatic carbocycles. The Hall–Kier alpha value is -3.24. The summed E-state index contributed by atoms with van der Waals surface area (Å²) in [6.07, 6.45) is 1.86. The number of ether oxygens (including phenoxy) is 2. The molecule has 1 aliphatic rings. The lowest BCUT2D eigenvalue weighted by atomic mass is 10.1. The van der Waals surface area contributed by atoms with Crippen molar-refractivity contribution in [2.75, 3.05) is 30.3 Å². The molecule has 1 saturated heterocycles. The van der Waals surface area contributed by atoms with Gasteiger partial charge < -0.3 is 20.1 Å². The number of piperidine rings is 1. The van der Waals surface area contributed by atoms with E-state index in [0.717, 1.165) is 32.1 Å². The molecule has 1 fully saturated rings. The van der Waals surface area contributed by atoms with Gasteiger partial charge >= 0.3 is 12.4 Å². The van der Waals surface area contributed by atoms with Crippen LogP contribution >= 0.6 is 0 Å². The Morgan fingerprint density at radius 2 is 1.94 bits per heavy atom. The van der Waals surface area contributed by atoms with Gasteiger partial charge in [0.25, 0.3) is 0 Å². The molecule has 0 amide bonds. The van der Waals surface area contributed by atoms with Crippen molar-refractivity contribution < 1.29 is 22.6 Å². The molecule has 0 radical (unpaired) electrons. The van der Waals surface area contributed by atoms with E-state index in [1.807, 2.05) is 11.8 Å². The number of fused-ring (bicyclic) bond motifs is 1. The number of rotatable bonds is 8. The third-order valence-corrected chi connectivity index (χ3v) is 5.50. The fraction of sp³-hybridized carbons (Fsp3) is 0.500. The van der Waals surface area contributed by atoms with Crippen molar-refractivity contribution in [3.05, 3.63) is 35.7 Å². The zero-order valence-electron chi connectivity index (χ0n) is 18.4. The predicted molar refractivity (Wildman–Crippen MR) is 118 cm³/mol. The number of alkyl halides is 3. The van der Waals surface area contributed by atoms with Gasteiger partial charge in [0.1, 0.15) is 0 Å². The van der Waals surface area contributed by atoms with Crippen LogP contribution in [0.3, 0.4) is 0 Å². The third kappa shape index (κ3) is 5.58. The van der Waals surface area contributed by atoms with Gasteiger partial charge in [-0.05, 0) is 43.4 Å². The fourth-order valence-corrected chi connectivity index (χ4v) is 3.90. The summed E-state index contributed by atoms with van der Waals surface area (Å²) in [5, 5.41) is 4.36. The summed E-state index contributed by atoms with van der Waals surface area (Å²) >= 11 is 0. The molecule has 3 heterocycles. The van der Waals surface area contributed by atoms with Gasteiger partial charge in [-0.1, -0.05) is 19.4 Å². The van der Waals surface area contributed by atoms with Gasteiger partial charge in [-0.3, -0.25) is 0 Å². The monoisotopic (exact) mass is 464 g/mol. The van der Waals surface area contributed by atoms with E-state index in [4.69, 9.17) is 10.5 Å². The number of nitrogen functional groups attached to an aromatic ring is 1. The number of aromatic nitrogens is 4. The van der Waals surface area contributed by atoms with E-state index in [9.17, 15) is 13.2 Å². The topological polar surface area (TPSA) is 90.8 Å². The van der Waals surface area contributed by atoms with Crippen LogP contribution in [-0.4, -0.2) is 45.6 Å². The second-order valence-corrected chi connectivity index (χ2v) is 8.04. The summed E-state index contributed by atoms with van der Waals surface area (Å²) in [7, 11) is 0. The molecule has 3 aromatic rings. The predicted octanol–water partition coefficient (Wildman–Crippen LogP) is 4.37. The van der Waals surface area contributed by atoms with Crippen molar-refractivity contribution in [2.45, 2.75) is 51.8 Å². The van der Waals surface area contributed by atoms with E-state index in [0.29, 0.717) is 42.3 Å². The molecule has 11 heteroatoms. The molecule has 0 saturated carbocycles. The molecule has 0 atom stereocenters. The van der Waals surface area contributed by atoms with Gasteiger partial charge in [0.05, 0.1) is 24.2 Å². The lowest BCUT2D eigenvalue weighted by Crippen LogP contribution is -2.30. The molecule has 8 nitrogen and oxygen atoms in total. The highest BCUT2D eigenvalue weighted by Crippen LogP contribution is 2.36. The van der Waals surface area contributed by atoms with Crippen LogP contribution < -0.4 is 20.1 Å². The van der Waals surface area contributed by atoms with Gasteiger partial charge in [-0.15, -0.1) is 18.3 Å². The van der Waals surface area contributed by atoms with Crippen LogP contribution in [0.4, 0.5) is 24.7 Å². The van der Waals surface area contributed by atoms with Crippen molar-refractivity contribution in [1.29, 1.82) is 0 Å². The minimum absolute atomic E-state index is 0.134. The first-order valence-electron chi connectivity index (χ1n) is 11.1. The molecule has 0 unspecified atom stereocenters. The lowest BCUT2D eigenvalue weighted by Gasteiger charge is -2.30. The molecular formula is C22H27F3N6O2. The molecule has 0 spiro atoms. The largest absolute Gasteiger partial charge is 0.573 e. The van der Waals surface area contributed by atoms with Crippen LogP contribution in [0.1, 0.15) is 50.3 Å². The molecular weight excluding hydrogens is 437 g/mol. The number of unbranched alkanes of at least 4 members (excludes halogenated alkanes) is 1. The Balaban J connectivity index is 1.63. The van der Waals surface area contributed by atoms with Crippen LogP contribution in [0.2, 0.25) is 0 Å². The summed E-state index contributed by atoms with van der Waals surface area (Å²) in [4.78, 5) is 10.3. The van der Waals surface area contributed by atoms with Crippen LogP contribution in [0.25, 0.3) is 5.65 Å². The van der Waals surface area contributed by atoms with Crippen molar-refractivity contribution in [1.82, 2.24) is 19.6 Å². The summed E-state index contributed by atoms with van der Waals surface area (Å²) in [5.74, 6) is -0.0299. The SMILES string of the molecule is CCCCOc1nc(N)c2ncc(Cc3ccc(N4CCCCC4)c(OC(F)(F)F)c3)n2n1. The number of nitrogens with zero attached hydrogens (tertiary/aromatic N) is 5. The highest BCUT2D eigenvalue weighted by Gasteiger charge is 2.33. The first kappa shape index (κ1) is 22.9. The van der Waals surface area contributed by atoms with Crippen LogP contribution in [0.15, 0.2) is 24.4 Å². The van der Waals surface area contributed by atoms with E-state index in [-0.39, 0.29) is 24.0 Å². The Labute approximate surface area is 189 Å². The van der Waals surface area contributed by atoms with Crippen molar-refractivity contribution in [2.24, 2.45) is 0 Å². The van der Waals surface area contributed by atoms with Gasteiger partial charge in [-0.2, -0.15) is 4.98 Å². The van der Waals surface area contributed by atoms with Crippen LogP contribution in [0.5, 0.6) is 11.8 Å². The zero-order chi connectivity index (χ0) is 23.4. The van der Waals surface area contributed by atoms with Gasteiger partial charge in [0, 0.05) is 19.5 Å². The second-order valence-electron chi connectivity index (χ2n) is 8.04. The van der Waals surface area contributed by atoms with Gasteiger partial charge in [0.2, 0.25) is 0 Å². The van der Waals surface area contributed by atoms with E-state index in [1.165, 1.54) is 10.6 Å². The standard InChI is InChI=1S/C22H27F3N6O2/c1-2-3-11-32-21-28-19(26)20-27-14-16(31(20)29-21)12-15-7-8-17(30-9-5-4-6-10-30)18(13-15)33-22(23,24)25/h7-8,13-14H,2-6,9-12H2,1H3,(H2,26,28,29). The minimum Gasteiger partial charge on any atom is -0.462 e. The molecule has 1 aliphatic heterocycles. The van der Waals surface area contributed by atoms with Gasteiger partial charge in [-0.25, -0.2) is 9.50 Å². The van der Waals surface area contributed by atoms with Gasteiger partial charge in [0.15, 0.2) is 17.2 Å². The van der Waals surface area contributed by atoms with Crippen molar-refractivity contribution >= 4 is 17.2 Å². The minimum atomic E-state index is -4.78. The number of anilines is 2. The average molecular weight is 464 g/mol. The number of hydrogen-bond acceptors (Lipinski definition) is 7. The number of hydrogen-bond donors (Lipinski definition) is 1. The van der Waals surface area contributed by atoms with Crippen molar-refractivity contribution in [3.8, 4) is 11.8 Å². The first-order valence-corrected chi connectivity index (χ1v) is 11.1. The second kappa shape index (κ2) is 9.72. The zero-order valence-corrected chi connectivity index (χ0v) is 18.4. The molecule has 178 valence electrons. The Bertz CT molecular complexity index is 1100. The van der Waals surface area contributed by atoms with Crippen LogP contribution in [0, 0.1) is 0 Å². The third-order valence-electron chi connectivity index (χ3n) is 5.50. The summed E-state index contributed by atoms with van der Waals surface area (Å²) in [6, 6.07) is 5.05. The average Bonchev–Trinajstić information content (AvgIpc) is 3.17. The smallest absolute Gasteiger partial charge is 0.462 e. The van der Waals surface area contributed by atoms with E-state index in [2.05, 4.69) is 19.8 Å². The summed E-state index contributed by atoms with van der Waals surface area (Å²) < 4.78 is 50.9. The highest BCUT2D eigenvalue weighted by molar-refractivity contribution is 5.62. The molecule has 2 aromatic heterocycles. The Morgan fingerprint density at radius 3 is 2.67 bits per heavy atom. The number of imidazole rings is 1. The maximum Gasteiger partial charge on any atom is 0.573 e. The Kier molecular flexibility index (Phi) is 6.75. The molecule has 33 heavy (non-hydrogen) atoms. The lowest BCUT2D eigenvalue weighted by molar-refractivity contribution is -0.274. The van der Waals surface area contributed by atoms with Crippen LogP contribution in [-0.2, 0) is 6.42 Å². The van der Waals surface area contributed by atoms with E-state index < -0.39 is 6.36 Å². The summed E-state index contributed by atoms with van der Waals surface area (Å²) in [5.41, 5.74) is 8.08. The normalized spacial score (nSPS) is 14.6. The summed E-state index contributed by atoms with van der Waals surface area (Å²) in [6.45, 7) is 3.92. The number of benzene rings is 1. The molecule has 2 N–H and O–H groups in total. The molecule has 0 bridgehead atoms. The maximum absolute atomic E-state index is 13.1. The molecule has 4 rings (SSSR count). The first-order chi connectivity index (χ1) is 15.8. The quantitative estimate of drug-likeness (QED) is 0.495. The van der Waals surface area contributed by atoms with Crippen molar-refractivity contribution in [3.63, 3.8) is 0 Å². The van der Waals surface area contributed by atoms with E-state index in [1.54, 1.807) is 18.3 Å². The number of nitrogens with two attached hydrogens (primary N) is 1.